The quantitative estimate of drug-likeness (QED) is 0.0667. The Morgan fingerprint density at radius 3 is 1.29 bits per heavy atom. The van der Waals surface area contributed by atoms with Gasteiger partial charge >= 0.3 is 12.1 Å². The first-order valence-electron chi connectivity index (χ1n) is 31.1. The zero-order valence-corrected chi connectivity index (χ0v) is 54.3. The average Bonchev–Trinajstić information content (AvgIpc) is 2.07. The van der Waals surface area contributed by atoms with Crippen LogP contribution in [0.5, 0.6) is 17.2 Å². The lowest BCUT2D eigenvalue weighted by Crippen LogP contribution is -2.49. The molecule has 9 rings (SSSR count). The van der Waals surface area contributed by atoms with Gasteiger partial charge in [0.15, 0.2) is 0 Å². The fraction of sp³-hybridized carbons (Fsp3) is 0.458. The molecular weight excluding hydrogens is 1170 g/mol. The lowest BCUT2D eigenvalue weighted by Gasteiger charge is -2.37. The number of urea groups is 1. The third-order valence-electron chi connectivity index (χ3n) is 15.2. The van der Waals surface area contributed by atoms with Gasteiger partial charge in [-0.15, -0.1) is 0 Å². The monoisotopic (exact) mass is 1260 g/mol. The largest absolute Gasteiger partial charge is 0.493 e. The Kier molecular flexibility index (Phi) is 34.7. The zero-order valence-electron chi connectivity index (χ0n) is 53.5. The molecule has 0 bridgehead atoms. The summed E-state index contributed by atoms with van der Waals surface area (Å²) < 4.78 is 56.0. The summed E-state index contributed by atoms with van der Waals surface area (Å²) in [5.74, 6) is 2.63. The molecule has 0 unspecified atom stereocenters. The van der Waals surface area contributed by atoms with Crippen molar-refractivity contribution in [2.75, 3.05) is 73.6 Å². The Hall–Kier alpha value is -6.99. The van der Waals surface area contributed by atoms with Gasteiger partial charge in [0, 0.05) is 57.8 Å². The summed E-state index contributed by atoms with van der Waals surface area (Å²) >= 11 is 4.64. The molecule has 0 spiro atoms. The molecule has 4 N–H and O–H groups in total. The number of benzene rings is 6. The maximum atomic E-state index is 13.3. The van der Waals surface area contributed by atoms with E-state index in [9.17, 15) is 27.6 Å². The number of para-hydroxylation sites is 1. The molecule has 6 aromatic carbocycles. The fourth-order valence-corrected chi connectivity index (χ4v) is 9.85. The van der Waals surface area contributed by atoms with Crippen molar-refractivity contribution in [2.45, 2.75) is 131 Å². The van der Waals surface area contributed by atoms with E-state index in [1.807, 2.05) is 83.8 Å². The van der Waals surface area contributed by atoms with Gasteiger partial charge in [-0.1, -0.05) is 114 Å². The summed E-state index contributed by atoms with van der Waals surface area (Å²) in [7, 11) is 6.36. The first-order chi connectivity index (χ1) is 42.7. The number of hydrogen-bond acceptors (Lipinski definition) is 11. The molecule has 0 saturated carbocycles. The van der Waals surface area contributed by atoms with E-state index >= 15 is 0 Å². The first-order valence-corrected chi connectivity index (χ1v) is 31.5. The second kappa shape index (κ2) is 41.4. The maximum Gasteiger partial charge on any atom is 0.415 e. The van der Waals surface area contributed by atoms with Crippen molar-refractivity contribution in [3.8, 4) is 17.2 Å². The summed E-state index contributed by atoms with van der Waals surface area (Å²) in [6, 6.07) is 45.1. The lowest BCUT2D eigenvalue weighted by molar-refractivity contribution is -0.109. The molecule has 3 heterocycles. The second-order valence-corrected chi connectivity index (χ2v) is 24.4. The number of carbonyl (C=O) groups excluding carboxylic acids is 3. The standard InChI is InChI=1S/C25H34FN3O2.C20H23FN2O2.C13H19FN2.C11H17NO.C2H3ClO.CH4/c1-19(2)18-31-24-10-6-20(7-11-24)16-27-25(30)29(23-12-14-28(3)15-13-23)17-21-4-8-22(26)9-5-21;1-22-13-11-18(12-14-22)23(15-16-7-9-17(21)10-8-16)20(24)25-19-5-3-2-4-6-19;1-16-8-6-13(7-9-16)15-10-11-2-4-12(14)5-3-11;1-9(2)8-13-11-5-3-10(7-12)4-6-11;1-2(3)4;/h4-11,19,23H,12-18H2,1-3H3,(H,27,30);2-10,18H,11-15H2,1H3;2-5,13,15H,6-10H2,1H3;3-6,9H,7-8,12H2,1-2H3;1H3;1H4. The van der Waals surface area contributed by atoms with Crippen molar-refractivity contribution in [1.82, 2.24) is 35.1 Å². The van der Waals surface area contributed by atoms with E-state index in [-0.39, 0.29) is 54.3 Å². The molecule has 3 aliphatic rings. The van der Waals surface area contributed by atoms with E-state index in [1.165, 1.54) is 69.3 Å². The Morgan fingerprint density at radius 2 is 0.878 bits per heavy atom. The third-order valence-corrected chi connectivity index (χ3v) is 15.2. The van der Waals surface area contributed by atoms with Crippen LogP contribution in [0.4, 0.5) is 22.8 Å². The van der Waals surface area contributed by atoms with Crippen LogP contribution in [0.1, 0.15) is 108 Å². The zero-order chi connectivity index (χ0) is 64.5. The van der Waals surface area contributed by atoms with Gasteiger partial charge in [-0.25, -0.2) is 22.8 Å². The number of piperidine rings is 3. The molecule has 3 saturated heterocycles. The van der Waals surface area contributed by atoms with Crippen LogP contribution < -0.4 is 30.6 Å². The van der Waals surface area contributed by atoms with Crippen molar-refractivity contribution in [1.29, 1.82) is 0 Å². The van der Waals surface area contributed by atoms with E-state index in [1.54, 1.807) is 41.3 Å². The van der Waals surface area contributed by atoms with Crippen LogP contribution in [0.25, 0.3) is 0 Å². The first kappa shape index (κ1) is 75.5. The van der Waals surface area contributed by atoms with Gasteiger partial charge in [-0.3, -0.25) is 4.79 Å². The summed E-state index contributed by atoms with van der Waals surface area (Å²) in [5.41, 5.74) is 10.6. The lowest BCUT2D eigenvalue weighted by atomic mass is 10.0. The molecule has 0 atom stereocenters. The molecule has 6 aromatic rings. The van der Waals surface area contributed by atoms with Gasteiger partial charge in [-0.05, 0) is 223 Å². The van der Waals surface area contributed by atoms with Crippen molar-refractivity contribution < 1.29 is 41.8 Å². The molecule has 3 fully saturated rings. The average molecular weight is 1270 g/mol. The van der Waals surface area contributed by atoms with E-state index in [0.717, 1.165) is 104 Å². The van der Waals surface area contributed by atoms with E-state index < -0.39 is 0 Å². The molecule has 18 heteroatoms. The van der Waals surface area contributed by atoms with Gasteiger partial charge in [0.05, 0.1) is 13.2 Å². The minimum Gasteiger partial charge on any atom is -0.493 e. The van der Waals surface area contributed by atoms with Crippen LogP contribution in [0, 0.1) is 29.3 Å². The highest BCUT2D eigenvalue weighted by atomic mass is 35.5. The van der Waals surface area contributed by atoms with Crippen LogP contribution in [0.2, 0.25) is 0 Å². The maximum absolute atomic E-state index is 13.3. The second-order valence-electron chi connectivity index (χ2n) is 23.9. The van der Waals surface area contributed by atoms with Crippen LogP contribution in [-0.4, -0.2) is 134 Å². The van der Waals surface area contributed by atoms with Gasteiger partial charge < -0.3 is 55.1 Å². The molecule has 0 aliphatic carbocycles. The number of nitrogens with one attached hydrogen (secondary N) is 2. The van der Waals surface area contributed by atoms with Crippen LogP contribution in [0.15, 0.2) is 152 Å². The summed E-state index contributed by atoms with van der Waals surface area (Å²) in [6.07, 6.45) is 5.74. The summed E-state index contributed by atoms with van der Waals surface area (Å²) in [4.78, 5) is 45.7. The normalized spacial score (nSPS) is 14.7. The number of ether oxygens (including phenoxy) is 3. The summed E-state index contributed by atoms with van der Waals surface area (Å²) in [6.45, 7) is 20.2. The molecule has 3 aliphatic heterocycles. The molecule has 14 nitrogen and oxygen atoms in total. The van der Waals surface area contributed by atoms with E-state index in [4.69, 9.17) is 19.9 Å². The van der Waals surface area contributed by atoms with Crippen LogP contribution >= 0.6 is 11.6 Å². The molecule has 90 heavy (non-hydrogen) atoms. The number of nitrogens with zero attached hydrogens (tertiary/aromatic N) is 5. The van der Waals surface area contributed by atoms with Gasteiger partial charge in [0.2, 0.25) is 5.24 Å². The highest BCUT2D eigenvalue weighted by Gasteiger charge is 2.30. The molecule has 492 valence electrons. The highest BCUT2D eigenvalue weighted by Crippen LogP contribution is 2.23. The van der Waals surface area contributed by atoms with Gasteiger partial charge in [0.25, 0.3) is 0 Å². The SMILES string of the molecule is C.CC(=O)Cl.CC(C)COc1ccc(CN)cc1.CC(C)COc1ccc(CNC(=O)N(Cc2ccc(F)cc2)C2CCN(C)CC2)cc1.CN1CCC(N(Cc2ccc(F)cc2)C(=O)Oc2ccccc2)CC1.CN1CCC(NCc2ccc(F)cc2)CC1. The molecule has 3 amide bonds. The Balaban J connectivity index is 0.000000262. The van der Waals surface area contributed by atoms with Gasteiger partial charge in [0.1, 0.15) is 34.7 Å². The molecular formula is C72H100ClF3N8O6. The molecule has 0 aromatic heterocycles. The Bertz CT molecular complexity index is 2900. The number of likely N-dealkylation sites (tertiary alicyclic amines) is 3. The highest BCUT2D eigenvalue weighted by molar-refractivity contribution is 6.62. The number of halogens is 4. The fourth-order valence-electron chi connectivity index (χ4n) is 9.85. The third kappa shape index (κ3) is 30.2. The van der Waals surface area contributed by atoms with E-state index in [2.05, 4.69) is 85.8 Å². The van der Waals surface area contributed by atoms with Crippen molar-refractivity contribution >= 4 is 29.0 Å². The van der Waals surface area contributed by atoms with E-state index in [0.29, 0.717) is 56.4 Å². The topological polar surface area (TPSA) is 145 Å². The minimum absolute atomic E-state index is 0. The predicted octanol–water partition coefficient (Wildman–Crippen LogP) is 14.2. The van der Waals surface area contributed by atoms with Crippen molar-refractivity contribution in [3.05, 3.63) is 197 Å². The molecule has 0 radical (unpaired) electrons. The summed E-state index contributed by atoms with van der Waals surface area (Å²) in [5, 5.41) is 6.24. The number of hydrogen-bond donors (Lipinski definition) is 3. The number of carbonyl (C=O) groups is 3. The van der Waals surface area contributed by atoms with Crippen molar-refractivity contribution in [2.24, 2.45) is 17.6 Å². The number of nitrogens with two attached hydrogens (primary N) is 1. The van der Waals surface area contributed by atoms with Crippen molar-refractivity contribution in [3.63, 3.8) is 0 Å². The number of amides is 3. The Morgan fingerprint density at radius 1 is 0.522 bits per heavy atom. The van der Waals surface area contributed by atoms with Gasteiger partial charge in [-0.2, -0.15) is 0 Å². The predicted molar refractivity (Wildman–Crippen MR) is 358 cm³/mol. The minimum atomic E-state index is -0.361. The van der Waals surface area contributed by atoms with Crippen LogP contribution in [0.3, 0.4) is 0 Å². The smallest absolute Gasteiger partial charge is 0.415 e. The van der Waals surface area contributed by atoms with Crippen LogP contribution in [-0.2, 0) is 37.5 Å². The number of rotatable bonds is 19. The Labute approximate surface area is 540 Å².